The van der Waals surface area contributed by atoms with Crippen molar-refractivity contribution in [1.29, 1.82) is 0 Å². The number of hydrogen-bond donors (Lipinski definition) is 1. The molecule has 0 amide bonds. The summed E-state index contributed by atoms with van der Waals surface area (Å²) in [6.45, 7) is 4.19. The molecule has 3 aromatic rings. The molecule has 0 saturated carbocycles. The number of fused-ring (bicyclic) bond motifs is 1. The summed E-state index contributed by atoms with van der Waals surface area (Å²) >= 11 is 0. The monoisotopic (exact) mass is 338 g/mol. The molecule has 7 nitrogen and oxygen atoms in total. The molecule has 1 N–H and O–H groups in total. The Labute approximate surface area is 146 Å². The van der Waals surface area contributed by atoms with Crippen LogP contribution in [-0.4, -0.2) is 42.3 Å². The van der Waals surface area contributed by atoms with Gasteiger partial charge in [-0.1, -0.05) is 6.07 Å². The van der Waals surface area contributed by atoms with Crippen LogP contribution in [-0.2, 0) is 26.6 Å². The predicted molar refractivity (Wildman–Crippen MR) is 93.0 cm³/mol. The molecule has 7 heteroatoms. The number of ether oxygens (including phenoxy) is 1. The van der Waals surface area contributed by atoms with Crippen LogP contribution < -0.4 is 4.74 Å². The standard InChI is InChI=1S/C18H22N6O/c1-13-7-14(22-21-13)9-24-10-16-17(23(2)12-20-16)8-15(24)11-25-18-5-3-4-6-19-18/h3-7,12,15H,8-11H2,1-2H3,(H,21,22)/t15-/m0/s1. The van der Waals surface area contributed by atoms with Crippen molar-refractivity contribution < 1.29 is 4.74 Å². The van der Waals surface area contributed by atoms with E-state index in [1.807, 2.05) is 31.5 Å². The van der Waals surface area contributed by atoms with Gasteiger partial charge in [-0.3, -0.25) is 10.00 Å². The zero-order valence-electron chi connectivity index (χ0n) is 14.5. The van der Waals surface area contributed by atoms with Crippen molar-refractivity contribution in [2.24, 2.45) is 7.05 Å². The Morgan fingerprint density at radius 3 is 3.00 bits per heavy atom. The molecule has 0 bridgehead atoms. The second-order valence-electron chi connectivity index (χ2n) is 6.53. The Morgan fingerprint density at radius 2 is 2.24 bits per heavy atom. The zero-order valence-corrected chi connectivity index (χ0v) is 14.5. The molecule has 1 aliphatic rings. The maximum Gasteiger partial charge on any atom is 0.213 e. The largest absolute Gasteiger partial charge is 0.476 e. The zero-order chi connectivity index (χ0) is 17.2. The number of rotatable bonds is 5. The highest BCUT2D eigenvalue weighted by molar-refractivity contribution is 5.19. The Morgan fingerprint density at radius 1 is 1.32 bits per heavy atom. The van der Waals surface area contributed by atoms with E-state index in [4.69, 9.17) is 4.74 Å². The molecule has 25 heavy (non-hydrogen) atoms. The van der Waals surface area contributed by atoms with Crippen molar-refractivity contribution >= 4 is 0 Å². The van der Waals surface area contributed by atoms with Crippen LogP contribution in [0.2, 0.25) is 0 Å². The van der Waals surface area contributed by atoms with Gasteiger partial charge in [-0.05, 0) is 19.1 Å². The van der Waals surface area contributed by atoms with Gasteiger partial charge in [-0.15, -0.1) is 0 Å². The number of nitrogens with zero attached hydrogens (tertiary/aromatic N) is 5. The maximum absolute atomic E-state index is 5.94. The van der Waals surface area contributed by atoms with Gasteiger partial charge in [0.2, 0.25) is 5.88 Å². The summed E-state index contributed by atoms with van der Waals surface area (Å²) in [4.78, 5) is 11.2. The minimum atomic E-state index is 0.252. The van der Waals surface area contributed by atoms with Crippen molar-refractivity contribution in [2.75, 3.05) is 6.61 Å². The number of aromatic nitrogens is 5. The van der Waals surface area contributed by atoms with Crippen molar-refractivity contribution in [3.8, 4) is 5.88 Å². The van der Waals surface area contributed by atoms with Gasteiger partial charge in [-0.2, -0.15) is 5.10 Å². The van der Waals surface area contributed by atoms with Crippen LogP contribution in [0.5, 0.6) is 5.88 Å². The second kappa shape index (κ2) is 6.68. The number of aryl methyl sites for hydroxylation is 2. The van der Waals surface area contributed by atoms with E-state index in [0.29, 0.717) is 12.5 Å². The van der Waals surface area contributed by atoms with Gasteiger partial charge in [0, 0.05) is 50.2 Å². The van der Waals surface area contributed by atoms with Gasteiger partial charge < -0.3 is 9.30 Å². The molecule has 4 rings (SSSR count). The first-order valence-corrected chi connectivity index (χ1v) is 8.47. The van der Waals surface area contributed by atoms with E-state index >= 15 is 0 Å². The molecule has 0 radical (unpaired) electrons. The summed E-state index contributed by atoms with van der Waals surface area (Å²) in [7, 11) is 2.05. The molecular formula is C18H22N6O. The number of nitrogens with one attached hydrogen (secondary N) is 1. The summed E-state index contributed by atoms with van der Waals surface area (Å²) in [6.07, 6.45) is 4.55. The van der Waals surface area contributed by atoms with Gasteiger partial charge in [0.15, 0.2) is 0 Å². The van der Waals surface area contributed by atoms with Gasteiger partial charge >= 0.3 is 0 Å². The summed E-state index contributed by atoms with van der Waals surface area (Å²) in [5, 5.41) is 7.39. The average molecular weight is 338 g/mol. The van der Waals surface area contributed by atoms with Crippen molar-refractivity contribution in [3.63, 3.8) is 0 Å². The van der Waals surface area contributed by atoms with E-state index in [1.54, 1.807) is 6.20 Å². The lowest BCUT2D eigenvalue weighted by molar-refractivity contribution is 0.103. The Bertz CT molecular complexity index is 840. The van der Waals surface area contributed by atoms with Gasteiger partial charge in [0.05, 0.1) is 23.8 Å². The summed E-state index contributed by atoms with van der Waals surface area (Å²) < 4.78 is 8.05. The fraction of sp³-hybridized carbons (Fsp3) is 0.389. The van der Waals surface area contributed by atoms with Gasteiger partial charge in [0.1, 0.15) is 6.61 Å². The van der Waals surface area contributed by atoms with Crippen LogP contribution in [0.4, 0.5) is 0 Å². The molecule has 0 spiro atoms. The number of H-pyrrole nitrogens is 1. The quantitative estimate of drug-likeness (QED) is 0.769. The van der Waals surface area contributed by atoms with E-state index in [0.717, 1.165) is 36.6 Å². The maximum atomic E-state index is 5.94. The molecule has 0 fully saturated rings. The molecule has 3 aromatic heterocycles. The van der Waals surface area contributed by atoms with E-state index in [9.17, 15) is 0 Å². The lowest BCUT2D eigenvalue weighted by Crippen LogP contribution is -2.44. The van der Waals surface area contributed by atoms with Crippen LogP contribution in [0.1, 0.15) is 22.8 Å². The third-order valence-corrected chi connectivity index (χ3v) is 4.63. The summed E-state index contributed by atoms with van der Waals surface area (Å²) in [6, 6.07) is 8.06. The van der Waals surface area contributed by atoms with Crippen molar-refractivity contribution in [1.82, 2.24) is 29.6 Å². The number of imidazole rings is 1. The van der Waals surface area contributed by atoms with E-state index in [-0.39, 0.29) is 6.04 Å². The average Bonchev–Trinajstić information content (AvgIpc) is 3.19. The highest BCUT2D eigenvalue weighted by Gasteiger charge is 2.30. The Kier molecular flexibility index (Phi) is 4.23. The van der Waals surface area contributed by atoms with Crippen LogP contribution in [0, 0.1) is 6.92 Å². The molecule has 4 heterocycles. The molecule has 0 saturated heterocycles. The van der Waals surface area contributed by atoms with E-state index in [1.165, 1.54) is 5.69 Å². The van der Waals surface area contributed by atoms with Crippen LogP contribution in [0.15, 0.2) is 36.8 Å². The van der Waals surface area contributed by atoms with E-state index in [2.05, 4.69) is 42.7 Å². The SMILES string of the molecule is Cc1cc(CN2Cc3ncn(C)c3C[C@H]2COc2ccccn2)n[nH]1. The summed E-state index contributed by atoms with van der Waals surface area (Å²) in [5.74, 6) is 0.661. The number of pyridine rings is 1. The first kappa shape index (κ1) is 15.8. The van der Waals surface area contributed by atoms with Crippen LogP contribution in [0.3, 0.4) is 0 Å². The fourth-order valence-electron chi connectivity index (χ4n) is 3.30. The summed E-state index contributed by atoms with van der Waals surface area (Å²) in [5.41, 5.74) is 4.54. The normalized spacial score (nSPS) is 17.4. The molecule has 0 aromatic carbocycles. The van der Waals surface area contributed by atoms with E-state index < -0.39 is 0 Å². The van der Waals surface area contributed by atoms with Crippen molar-refractivity contribution in [2.45, 2.75) is 32.5 Å². The molecule has 0 unspecified atom stereocenters. The Balaban J connectivity index is 1.52. The lowest BCUT2D eigenvalue weighted by Gasteiger charge is -2.34. The third kappa shape index (κ3) is 3.41. The first-order valence-electron chi connectivity index (χ1n) is 8.47. The highest BCUT2D eigenvalue weighted by atomic mass is 16.5. The molecule has 1 aliphatic heterocycles. The Hall–Kier alpha value is -2.67. The van der Waals surface area contributed by atoms with Gasteiger partial charge in [0.25, 0.3) is 0 Å². The first-order chi connectivity index (χ1) is 12.2. The topological polar surface area (TPSA) is 71.9 Å². The number of aromatic amines is 1. The minimum absolute atomic E-state index is 0.252. The number of hydrogen-bond acceptors (Lipinski definition) is 5. The smallest absolute Gasteiger partial charge is 0.213 e. The minimum Gasteiger partial charge on any atom is -0.476 e. The van der Waals surface area contributed by atoms with Crippen molar-refractivity contribution in [3.05, 3.63) is 59.6 Å². The molecule has 0 aliphatic carbocycles. The van der Waals surface area contributed by atoms with Crippen LogP contribution in [0.25, 0.3) is 0 Å². The predicted octanol–water partition coefficient (Wildman–Crippen LogP) is 1.85. The highest BCUT2D eigenvalue weighted by Crippen LogP contribution is 2.24. The second-order valence-corrected chi connectivity index (χ2v) is 6.53. The van der Waals surface area contributed by atoms with Crippen LogP contribution >= 0.6 is 0 Å². The fourth-order valence-corrected chi connectivity index (χ4v) is 3.30. The molecular weight excluding hydrogens is 316 g/mol. The third-order valence-electron chi connectivity index (χ3n) is 4.63. The molecule has 1 atom stereocenters. The molecule has 130 valence electrons. The van der Waals surface area contributed by atoms with Gasteiger partial charge in [-0.25, -0.2) is 9.97 Å². The lowest BCUT2D eigenvalue weighted by atomic mass is 10.0.